The van der Waals surface area contributed by atoms with Crippen LogP contribution in [0.2, 0.25) is 0 Å². The molecule has 1 aliphatic rings. The molecule has 13 heteroatoms. The maximum Gasteiger partial charge on any atom is 0.414 e. The summed E-state index contributed by atoms with van der Waals surface area (Å²) < 4.78 is 27.4. The van der Waals surface area contributed by atoms with E-state index in [1.165, 1.54) is 0 Å². The molecule has 0 saturated carbocycles. The van der Waals surface area contributed by atoms with E-state index in [0.29, 0.717) is 13.0 Å². The van der Waals surface area contributed by atoms with Gasteiger partial charge in [-0.3, -0.25) is 10.6 Å². The van der Waals surface area contributed by atoms with Gasteiger partial charge in [0, 0.05) is 19.5 Å². The summed E-state index contributed by atoms with van der Waals surface area (Å²) in [6.45, 7) is 14.6. The topological polar surface area (TPSA) is 158 Å². The average molecular weight is 604 g/mol. The zero-order valence-electron chi connectivity index (χ0n) is 26.5. The van der Waals surface area contributed by atoms with Crippen molar-refractivity contribution >= 4 is 24.2 Å². The van der Waals surface area contributed by atoms with Crippen molar-refractivity contribution in [2.75, 3.05) is 20.3 Å². The summed E-state index contributed by atoms with van der Waals surface area (Å²) >= 11 is 0. The van der Waals surface area contributed by atoms with Crippen molar-refractivity contribution in [1.82, 2.24) is 21.3 Å². The number of rotatable bonds is 7. The summed E-state index contributed by atoms with van der Waals surface area (Å²) in [5.41, 5.74) is -0.657. The number of amides is 4. The van der Waals surface area contributed by atoms with Crippen LogP contribution in [-0.2, 0) is 25.5 Å². The van der Waals surface area contributed by atoms with Crippen LogP contribution in [-0.4, -0.2) is 73.6 Å². The Bertz CT molecular complexity index is 1160. The number of carbonyl (C=O) groups excluding carboxylic acids is 3. The summed E-state index contributed by atoms with van der Waals surface area (Å²) in [5.74, 6) is 5.62. The van der Waals surface area contributed by atoms with Gasteiger partial charge in [0.15, 0.2) is 5.79 Å². The van der Waals surface area contributed by atoms with Crippen LogP contribution in [0.1, 0.15) is 67.4 Å². The standard InChI is InChI=1S/C30H45N5O8/c1-28(2,3)42-26(37)34-24(35-27(38)43-29(4,5)6)33-22(23-19-40-30(7,8)41-23)12-10-11-17-31-25(36)32-18-20-13-15-21(39-9)16-14-20/h13-16,22-23H,11,17-19H2,1-9H3,(H2,31,32,36)(H2,33,34,35,37,38)/t22?,23-/m1/s1. The van der Waals surface area contributed by atoms with Gasteiger partial charge in [0.05, 0.1) is 13.7 Å². The molecule has 4 N–H and O–H groups in total. The maximum absolute atomic E-state index is 12.5. The quantitative estimate of drug-likeness (QED) is 0.159. The normalized spacial score (nSPS) is 16.4. The van der Waals surface area contributed by atoms with Crippen molar-refractivity contribution < 1.29 is 38.1 Å². The number of ether oxygens (including phenoxy) is 5. The molecule has 0 aliphatic carbocycles. The smallest absolute Gasteiger partial charge is 0.414 e. The molecular formula is C30H45N5O8. The van der Waals surface area contributed by atoms with Crippen LogP contribution in [0, 0.1) is 11.8 Å². The van der Waals surface area contributed by atoms with Crippen LogP contribution in [0.25, 0.3) is 0 Å². The van der Waals surface area contributed by atoms with Crippen molar-refractivity contribution in [2.24, 2.45) is 4.99 Å². The highest BCUT2D eigenvalue weighted by Crippen LogP contribution is 2.25. The number of nitrogens with zero attached hydrogens (tertiary/aromatic N) is 1. The third-order valence-electron chi connectivity index (χ3n) is 5.29. The summed E-state index contributed by atoms with van der Waals surface area (Å²) in [4.78, 5) is 41.7. The second kappa shape index (κ2) is 15.5. The third-order valence-corrected chi connectivity index (χ3v) is 5.29. The van der Waals surface area contributed by atoms with Crippen LogP contribution in [0.15, 0.2) is 29.3 Å². The summed E-state index contributed by atoms with van der Waals surface area (Å²) in [6, 6.07) is 6.18. The van der Waals surface area contributed by atoms with Crippen molar-refractivity contribution in [1.29, 1.82) is 0 Å². The lowest BCUT2D eigenvalue weighted by Gasteiger charge is -2.23. The summed E-state index contributed by atoms with van der Waals surface area (Å²) in [5, 5.41) is 10.4. The minimum atomic E-state index is -0.874. The Morgan fingerprint density at radius 1 is 1.00 bits per heavy atom. The minimum Gasteiger partial charge on any atom is -0.497 e. The Morgan fingerprint density at radius 2 is 1.58 bits per heavy atom. The van der Waals surface area contributed by atoms with E-state index < -0.39 is 41.3 Å². The highest BCUT2D eigenvalue weighted by Gasteiger charge is 2.37. The number of alkyl carbamates (subject to hydrolysis) is 2. The molecule has 1 unspecified atom stereocenters. The van der Waals surface area contributed by atoms with Gasteiger partial charge in [0.2, 0.25) is 5.96 Å². The van der Waals surface area contributed by atoms with Crippen molar-refractivity contribution in [2.45, 2.75) is 97.5 Å². The second-order valence-corrected chi connectivity index (χ2v) is 12.1. The van der Waals surface area contributed by atoms with Gasteiger partial charge in [0.25, 0.3) is 0 Å². The fourth-order valence-corrected chi connectivity index (χ4v) is 3.52. The summed E-state index contributed by atoms with van der Waals surface area (Å²) in [7, 11) is 1.59. The first-order chi connectivity index (χ1) is 19.9. The van der Waals surface area contributed by atoms with E-state index in [1.807, 2.05) is 24.3 Å². The van der Waals surface area contributed by atoms with E-state index in [-0.39, 0.29) is 25.1 Å². The van der Waals surface area contributed by atoms with Crippen molar-refractivity contribution in [3.8, 4) is 17.6 Å². The molecule has 13 nitrogen and oxygen atoms in total. The molecule has 1 heterocycles. The van der Waals surface area contributed by atoms with Gasteiger partial charge >= 0.3 is 18.2 Å². The van der Waals surface area contributed by atoms with Gasteiger partial charge in [-0.1, -0.05) is 24.0 Å². The predicted molar refractivity (Wildman–Crippen MR) is 160 cm³/mol. The number of carbonyl (C=O) groups is 3. The Kier molecular flexibility index (Phi) is 12.6. The van der Waals surface area contributed by atoms with E-state index in [1.54, 1.807) is 62.5 Å². The molecule has 0 aromatic heterocycles. The number of hydrogen-bond donors (Lipinski definition) is 4. The minimum absolute atomic E-state index is 0.175. The molecule has 4 amide bonds. The zero-order valence-corrected chi connectivity index (χ0v) is 26.5. The Hall–Kier alpha value is -4.02. The third kappa shape index (κ3) is 14.6. The maximum atomic E-state index is 12.5. The molecule has 1 aliphatic heterocycles. The van der Waals surface area contributed by atoms with Gasteiger partial charge in [0.1, 0.15) is 29.1 Å². The SMILES string of the molecule is COc1ccc(CNC(=O)NCCC#CC(N=C(NC(=O)OC(C)(C)C)NC(=O)OC(C)(C)C)[C@H]2COC(C)(C)O2)cc1. The number of methoxy groups -OCH3 is 1. The number of urea groups is 1. The van der Waals surface area contributed by atoms with E-state index in [4.69, 9.17) is 23.7 Å². The first kappa shape index (κ1) is 35.2. The lowest BCUT2D eigenvalue weighted by Crippen LogP contribution is -2.48. The monoisotopic (exact) mass is 603 g/mol. The largest absolute Gasteiger partial charge is 0.497 e. The first-order valence-electron chi connectivity index (χ1n) is 14.0. The lowest BCUT2D eigenvalue weighted by atomic mass is 10.2. The van der Waals surface area contributed by atoms with Gasteiger partial charge in [-0.2, -0.15) is 0 Å². The predicted octanol–water partition coefficient (Wildman–Crippen LogP) is 3.81. The number of aliphatic imine (C=N–C) groups is 1. The highest BCUT2D eigenvalue weighted by atomic mass is 16.7. The molecule has 2 rings (SSSR count). The molecule has 0 bridgehead atoms. The van der Waals surface area contributed by atoms with Crippen LogP contribution in [0.4, 0.5) is 14.4 Å². The molecule has 1 aromatic carbocycles. The fourth-order valence-electron chi connectivity index (χ4n) is 3.52. The van der Waals surface area contributed by atoms with Crippen molar-refractivity contribution in [3.63, 3.8) is 0 Å². The zero-order chi connectivity index (χ0) is 32.3. The summed E-state index contributed by atoms with van der Waals surface area (Å²) in [6.07, 6.45) is -1.97. The van der Waals surface area contributed by atoms with Gasteiger partial charge in [-0.25, -0.2) is 19.4 Å². The van der Waals surface area contributed by atoms with E-state index in [2.05, 4.69) is 38.1 Å². The number of hydrogen-bond acceptors (Lipinski definition) is 9. The van der Waals surface area contributed by atoms with Crippen LogP contribution < -0.4 is 26.0 Å². The highest BCUT2D eigenvalue weighted by molar-refractivity contribution is 6.01. The molecule has 43 heavy (non-hydrogen) atoms. The number of nitrogens with one attached hydrogen (secondary N) is 4. The average Bonchev–Trinajstić information content (AvgIpc) is 3.23. The second-order valence-electron chi connectivity index (χ2n) is 12.1. The Labute approximate surface area is 253 Å². The number of guanidine groups is 1. The van der Waals surface area contributed by atoms with Crippen molar-refractivity contribution in [3.05, 3.63) is 29.8 Å². The molecule has 0 spiro atoms. The molecule has 238 valence electrons. The first-order valence-corrected chi connectivity index (χ1v) is 14.0. The molecule has 1 saturated heterocycles. The van der Waals surface area contributed by atoms with Crippen LogP contribution in [0.3, 0.4) is 0 Å². The van der Waals surface area contributed by atoms with Crippen LogP contribution >= 0.6 is 0 Å². The van der Waals surface area contributed by atoms with E-state index in [0.717, 1.165) is 11.3 Å². The number of benzene rings is 1. The van der Waals surface area contributed by atoms with Crippen LogP contribution in [0.5, 0.6) is 5.75 Å². The molecule has 0 radical (unpaired) electrons. The van der Waals surface area contributed by atoms with E-state index in [9.17, 15) is 14.4 Å². The Morgan fingerprint density at radius 3 is 2.07 bits per heavy atom. The molecular weight excluding hydrogens is 558 g/mol. The van der Waals surface area contributed by atoms with Gasteiger partial charge in [-0.05, 0) is 73.1 Å². The lowest BCUT2D eigenvalue weighted by molar-refractivity contribution is -0.138. The van der Waals surface area contributed by atoms with Gasteiger partial charge < -0.3 is 34.3 Å². The molecule has 1 aromatic rings. The molecule has 1 fully saturated rings. The van der Waals surface area contributed by atoms with E-state index >= 15 is 0 Å². The fraction of sp³-hybridized carbons (Fsp3) is 0.600. The Balaban J connectivity index is 2.11. The molecule has 2 atom stereocenters. The van der Waals surface area contributed by atoms with Gasteiger partial charge in [-0.15, -0.1) is 0 Å².